The molecule has 0 saturated heterocycles. The Bertz CT molecular complexity index is 1000. The molecule has 2 aliphatic carbocycles. The summed E-state index contributed by atoms with van der Waals surface area (Å²) in [7, 11) is 0. The molecule has 0 amide bonds. The minimum Gasteiger partial charge on any atom is -0.0990 e. The van der Waals surface area contributed by atoms with Crippen LogP contribution in [0.5, 0.6) is 0 Å². The van der Waals surface area contributed by atoms with Crippen molar-refractivity contribution in [1.82, 2.24) is 0 Å². The fraction of sp³-hybridized carbons (Fsp3) is 0.500. The summed E-state index contributed by atoms with van der Waals surface area (Å²) >= 11 is 0. The standard InChI is InChI=1S/C36H50/c1-9-14-31(11-3)33(27(4)10-2)25-30-17-19-32(20-18-30)36(8)22-13-21-35(7,23-24-36)26-34-28(5)15-12-16-29(34)6/h9-12,14-16,25,30,32H,1-4,13,17-24,26H2,5-8H3/b31-14+,33-25+. The highest BCUT2D eigenvalue weighted by Crippen LogP contribution is 2.52. The van der Waals surface area contributed by atoms with Crippen molar-refractivity contribution in [2.75, 3.05) is 0 Å². The summed E-state index contributed by atoms with van der Waals surface area (Å²) in [6.07, 6.45) is 23.4. The van der Waals surface area contributed by atoms with Gasteiger partial charge < -0.3 is 0 Å². The fourth-order valence-corrected chi connectivity index (χ4v) is 7.01. The molecule has 2 aliphatic rings. The first kappa shape index (κ1) is 28.2. The van der Waals surface area contributed by atoms with E-state index in [1.165, 1.54) is 80.9 Å². The van der Waals surface area contributed by atoms with Crippen molar-refractivity contribution in [3.63, 3.8) is 0 Å². The molecule has 0 aliphatic heterocycles. The van der Waals surface area contributed by atoms with Gasteiger partial charge in [-0.15, -0.1) is 0 Å². The molecule has 36 heavy (non-hydrogen) atoms. The monoisotopic (exact) mass is 482 g/mol. The lowest BCUT2D eigenvalue weighted by atomic mass is 9.63. The Labute approximate surface area is 222 Å². The Morgan fingerprint density at radius 1 is 0.917 bits per heavy atom. The molecular formula is C36H50. The van der Waals surface area contributed by atoms with Gasteiger partial charge in [0.2, 0.25) is 0 Å². The minimum absolute atomic E-state index is 0.424. The molecule has 1 aromatic carbocycles. The van der Waals surface area contributed by atoms with Gasteiger partial charge in [0.25, 0.3) is 0 Å². The zero-order chi connectivity index (χ0) is 26.3. The number of rotatable bonds is 9. The van der Waals surface area contributed by atoms with E-state index in [0.717, 1.165) is 17.1 Å². The molecule has 2 saturated carbocycles. The molecule has 0 bridgehead atoms. The predicted octanol–water partition coefficient (Wildman–Crippen LogP) is 10.6. The molecule has 194 valence electrons. The quantitative estimate of drug-likeness (QED) is 0.242. The lowest BCUT2D eigenvalue weighted by Crippen LogP contribution is -2.31. The Hall–Kier alpha value is -2.34. The molecule has 0 heterocycles. The van der Waals surface area contributed by atoms with Crippen molar-refractivity contribution < 1.29 is 0 Å². The third-order valence-corrected chi connectivity index (χ3v) is 9.66. The summed E-state index contributed by atoms with van der Waals surface area (Å²) in [5.74, 6) is 1.45. The normalized spacial score (nSPS) is 29.8. The van der Waals surface area contributed by atoms with E-state index in [2.05, 4.69) is 78.3 Å². The highest BCUT2D eigenvalue weighted by molar-refractivity contribution is 5.55. The number of hydrogen-bond donors (Lipinski definition) is 0. The van der Waals surface area contributed by atoms with Crippen LogP contribution in [0.1, 0.15) is 88.3 Å². The van der Waals surface area contributed by atoms with E-state index < -0.39 is 0 Å². The van der Waals surface area contributed by atoms with Crippen molar-refractivity contribution in [2.45, 2.75) is 91.9 Å². The summed E-state index contributed by atoms with van der Waals surface area (Å²) in [6, 6.07) is 6.79. The van der Waals surface area contributed by atoms with Crippen LogP contribution < -0.4 is 0 Å². The summed E-state index contributed by atoms with van der Waals surface area (Å²) in [5.41, 5.74) is 8.68. The van der Waals surface area contributed by atoms with E-state index in [4.69, 9.17) is 0 Å². The van der Waals surface area contributed by atoms with E-state index in [-0.39, 0.29) is 0 Å². The number of allylic oxidation sites excluding steroid dienone is 8. The zero-order valence-electron chi connectivity index (χ0n) is 23.7. The summed E-state index contributed by atoms with van der Waals surface area (Å²) in [6.45, 7) is 25.9. The lowest BCUT2D eigenvalue weighted by Gasteiger charge is -2.42. The van der Waals surface area contributed by atoms with Crippen molar-refractivity contribution >= 4 is 0 Å². The van der Waals surface area contributed by atoms with Crippen LogP contribution in [0, 0.1) is 36.5 Å². The Morgan fingerprint density at radius 2 is 1.58 bits per heavy atom. The maximum Gasteiger partial charge on any atom is -0.0155 e. The molecule has 0 spiro atoms. The van der Waals surface area contributed by atoms with Gasteiger partial charge in [0.05, 0.1) is 0 Å². The highest BCUT2D eigenvalue weighted by atomic mass is 14.5. The first-order valence-electron chi connectivity index (χ1n) is 14.2. The summed E-state index contributed by atoms with van der Waals surface area (Å²) in [4.78, 5) is 0. The van der Waals surface area contributed by atoms with Crippen LogP contribution in [-0.4, -0.2) is 0 Å². The van der Waals surface area contributed by atoms with E-state index in [1.807, 2.05) is 24.3 Å². The maximum absolute atomic E-state index is 4.24. The Balaban J connectivity index is 1.67. The van der Waals surface area contributed by atoms with E-state index in [0.29, 0.717) is 16.7 Å². The molecule has 3 rings (SSSR count). The van der Waals surface area contributed by atoms with Crippen LogP contribution in [-0.2, 0) is 6.42 Å². The van der Waals surface area contributed by atoms with Gasteiger partial charge in [-0.25, -0.2) is 0 Å². The van der Waals surface area contributed by atoms with Gasteiger partial charge in [0, 0.05) is 0 Å². The van der Waals surface area contributed by atoms with Crippen LogP contribution in [0.15, 0.2) is 91.6 Å². The average Bonchev–Trinajstić information content (AvgIpc) is 3.02. The van der Waals surface area contributed by atoms with Crippen molar-refractivity contribution in [2.24, 2.45) is 22.7 Å². The minimum atomic E-state index is 0.424. The number of benzene rings is 1. The van der Waals surface area contributed by atoms with Gasteiger partial charge in [-0.2, -0.15) is 0 Å². The molecule has 0 N–H and O–H groups in total. The summed E-state index contributed by atoms with van der Waals surface area (Å²) in [5, 5.41) is 0. The maximum atomic E-state index is 4.24. The van der Waals surface area contributed by atoms with Crippen LogP contribution in [0.25, 0.3) is 0 Å². The van der Waals surface area contributed by atoms with E-state index >= 15 is 0 Å². The molecule has 2 unspecified atom stereocenters. The zero-order valence-corrected chi connectivity index (χ0v) is 23.7. The third kappa shape index (κ3) is 6.70. The Morgan fingerprint density at radius 3 is 2.17 bits per heavy atom. The van der Waals surface area contributed by atoms with Crippen molar-refractivity contribution in [1.29, 1.82) is 0 Å². The molecule has 2 fully saturated rings. The average molecular weight is 483 g/mol. The van der Waals surface area contributed by atoms with Crippen LogP contribution in [0.2, 0.25) is 0 Å². The Kier molecular flexibility index (Phi) is 9.62. The number of aryl methyl sites for hydroxylation is 2. The van der Waals surface area contributed by atoms with Crippen LogP contribution in [0.3, 0.4) is 0 Å². The molecule has 0 aromatic heterocycles. The van der Waals surface area contributed by atoms with Crippen LogP contribution in [0.4, 0.5) is 0 Å². The first-order valence-corrected chi connectivity index (χ1v) is 14.2. The molecule has 0 nitrogen and oxygen atoms in total. The van der Waals surface area contributed by atoms with Crippen molar-refractivity contribution in [3.05, 3.63) is 108 Å². The second kappa shape index (κ2) is 12.3. The van der Waals surface area contributed by atoms with Gasteiger partial charge in [0.15, 0.2) is 0 Å². The second-order valence-electron chi connectivity index (χ2n) is 12.3. The van der Waals surface area contributed by atoms with E-state index in [1.54, 1.807) is 5.56 Å². The van der Waals surface area contributed by atoms with E-state index in [9.17, 15) is 0 Å². The molecular weight excluding hydrogens is 432 g/mol. The highest BCUT2D eigenvalue weighted by Gasteiger charge is 2.40. The van der Waals surface area contributed by atoms with Gasteiger partial charge >= 0.3 is 0 Å². The first-order chi connectivity index (χ1) is 17.1. The predicted molar refractivity (Wildman–Crippen MR) is 160 cm³/mol. The largest absolute Gasteiger partial charge is 0.0990 e. The topological polar surface area (TPSA) is 0 Å². The van der Waals surface area contributed by atoms with Gasteiger partial charge in [-0.3, -0.25) is 0 Å². The SMILES string of the molecule is C=C/C=C(C=C)/C(=C/C1CCC(C2(C)CCCC(C)(Cc3c(C)cccc3C)CC2)CC1)C(=C)C=C. The van der Waals surface area contributed by atoms with Gasteiger partial charge in [0.1, 0.15) is 0 Å². The smallest absolute Gasteiger partial charge is 0.0155 e. The van der Waals surface area contributed by atoms with Gasteiger partial charge in [-0.1, -0.05) is 95.2 Å². The van der Waals surface area contributed by atoms with Gasteiger partial charge in [-0.05, 0) is 128 Å². The van der Waals surface area contributed by atoms with Crippen molar-refractivity contribution in [3.8, 4) is 0 Å². The fourth-order valence-electron chi connectivity index (χ4n) is 7.01. The lowest BCUT2D eigenvalue weighted by molar-refractivity contribution is 0.100. The summed E-state index contributed by atoms with van der Waals surface area (Å²) < 4.78 is 0. The second-order valence-corrected chi connectivity index (χ2v) is 12.3. The molecule has 2 atom stereocenters. The third-order valence-electron chi connectivity index (χ3n) is 9.66. The number of hydrogen-bond acceptors (Lipinski definition) is 0. The van der Waals surface area contributed by atoms with Crippen LogP contribution >= 0.6 is 0 Å². The molecule has 1 aromatic rings. The molecule has 0 radical (unpaired) electrons. The molecule has 0 heteroatoms.